The predicted octanol–water partition coefficient (Wildman–Crippen LogP) is 2.41. The van der Waals surface area contributed by atoms with E-state index in [1.54, 1.807) is 0 Å². The average Bonchev–Trinajstić information content (AvgIpc) is 2.80. The number of carbonyl (C=O) groups excluding carboxylic acids is 2. The smallest absolute Gasteiger partial charge is 0.242 e. The van der Waals surface area contributed by atoms with E-state index in [9.17, 15) is 9.59 Å². The summed E-state index contributed by atoms with van der Waals surface area (Å²) in [4.78, 5) is 29.1. The molecule has 110 valence electrons. The van der Waals surface area contributed by atoms with E-state index in [-0.39, 0.29) is 23.7 Å². The van der Waals surface area contributed by atoms with E-state index in [0.717, 1.165) is 11.3 Å². The Kier molecular flexibility index (Phi) is 2.79. The summed E-state index contributed by atoms with van der Waals surface area (Å²) in [5.41, 5.74) is 2.66. The highest BCUT2D eigenvalue weighted by Gasteiger charge is 2.51. The molecule has 2 aliphatic rings. The van der Waals surface area contributed by atoms with Crippen LogP contribution < -0.4 is 9.80 Å². The fourth-order valence-corrected chi connectivity index (χ4v) is 3.58. The molecule has 22 heavy (non-hydrogen) atoms. The standard InChI is InChI=1S/C18H16N2O2/c1-19-11-14-16(13-9-5-6-10-15(13)19)18(22)20(17(14)21)12-7-3-2-4-8-12/h2-10,14,16H,11H2,1H3. The molecule has 0 saturated carbocycles. The molecular weight excluding hydrogens is 276 g/mol. The van der Waals surface area contributed by atoms with Gasteiger partial charge in [-0.1, -0.05) is 36.4 Å². The number of hydrogen-bond donors (Lipinski definition) is 0. The number of amides is 2. The molecule has 1 fully saturated rings. The van der Waals surface area contributed by atoms with Crippen LogP contribution in [0.3, 0.4) is 0 Å². The Morgan fingerprint density at radius 2 is 1.59 bits per heavy atom. The number of nitrogens with zero attached hydrogens (tertiary/aromatic N) is 2. The lowest BCUT2D eigenvalue weighted by Gasteiger charge is -2.33. The number of benzene rings is 2. The van der Waals surface area contributed by atoms with Crippen molar-refractivity contribution < 1.29 is 9.59 Å². The summed E-state index contributed by atoms with van der Waals surface area (Å²) in [6.45, 7) is 0.579. The van der Waals surface area contributed by atoms with Crippen LogP contribution in [0, 0.1) is 5.92 Å². The number of rotatable bonds is 1. The molecule has 2 aliphatic heterocycles. The third kappa shape index (κ3) is 1.70. The Morgan fingerprint density at radius 1 is 0.909 bits per heavy atom. The summed E-state index contributed by atoms with van der Waals surface area (Å²) in [6.07, 6.45) is 0. The summed E-state index contributed by atoms with van der Waals surface area (Å²) in [5.74, 6) is -0.864. The van der Waals surface area contributed by atoms with E-state index in [0.29, 0.717) is 12.2 Å². The summed E-state index contributed by atoms with van der Waals surface area (Å²) >= 11 is 0. The van der Waals surface area contributed by atoms with Gasteiger partial charge in [-0.3, -0.25) is 9.59 Å². The van der Waals surface area contributed by atoms with Gasteiger partial charge in [-0.25, -0.2) is 4.90 Å². The van der Waals surface area contributed by atoms with Crippen molar-refractivity contribution in [2.45, 2.75) is 5.92 Å². The quantitative estimate of drug-likeness (QED) is 0.758. The molecule has 2 heterocycles. The van der Waals surface area contributed by atoms with Gasteiger partial charge in [0.05, 0.1) is 17.5 Å². The van der Waals surface area contributed by atoms with Gasteiger partial charge in [0.15, 0.2) is 0 Å². The summed E-state index contributed by atoms with van der Waals surface area (Å²) in [6, 6.07) is 17.0. The maximum absolute atomic E-state index is 12.9. The van der Waals surface area contributed by atoms with Crippen molar-refractivity contribution in [1.29, 1.82) is 0 Å². The first-order valence-corrected chi connectivity index (χ1v) is 7.41. The zero-order chi connectivity index (χ0) is 15.3. The van der Waals surface area contributed by atoms with Crippen molar-refractivity contribution in [3.05, 3.63) is 60.2 Å². The van der Waals surface area contributed by atoms with Gasteiger partial charge in [0.25, 0.3) is 0 Å². The lowest BCUT2D eigenvalue weighted by atomic mass is 9.83. The molecule has 2 unspecified atom stereocenters. The van der Waals surface area contributed by atoms with Crippen molar-refractivity contribution >= 4 is 23.2 Å². The molecule has 0 spiro atoms. The lowest BCUT2D eigenvalue weighted by molar-refractivity contribution is -0.122. The molecule has 0 bridgehead atoms. The van der Waals surface area contributed by atoms with Crippen molar-refractivity contribution in [1.82, 2.24) is 0 Å². The highest BCUT2D eigenvalue weighted by Crippen LogP contribution is 2.44. The van der Waals surface area contributed by atoms with Crippen LogP contribution in [0.4, 0.5) is 11.4 Å². The third-order valence-electron chi connectivity index (χ3n) is 4.59. The number of carbonyl (C=O) groups is 2. The normalized spacial score (nSPS) is 23.5. The minimum absolute atomic E-state index is 0.0949. The maximum Gasteiger partial charge on any atom is 0.242 e. The van der Waals surface area contributed by atoms with Crippen LogP contribution in [-0.2, 0) is 9.59 Å². The maximum atomic E-state index is 12.9. The molecule has 4 heteroatoms. The second-order valence-electron chi connectivity index (χ2n) is 5.87. The monoisotopic (exact) mass is 292 g/mol. The first kappa shape index (κ1) is 13.1. The molecule has 4 nitrogen and oxygen atoms in total. The molecule has 0 N–H and O–H groups in total. The minimum Gasteiger partial charge on any atom is -0.374 e. The average molecular weight is 292 g/mol. The minimum atomic E-state index is -0.361. The number of anilines is 2. The first-order valence-electron chi connectivity index (χ1n) is 7.41. The van der Waals surface area contributed by atoms with E-state index in [1.165, 1.54) is 4.90 Å². The third-order valence-corrected chi connectivity index (χ3v) is 4.59. The first-order chi connectivity index (χ1) is 10.7. The van der Waals surface area contributed by atoms with E-state index in [1.807, 2.05) is 61.6 Å². The Morgan fingerprint density at radius 3 is 2.36 bits per heavy atom. The van der Waals surface area contributed by atoms with Crippen molar-refractivity contribution in [3.63, 3.8) is 0 Å². The van der Waals surface area contributed by atoms with Crippen molar-refractivity contribution in [2.24, 2.45) is 5.92 Å². The predicted molar refractivity (Wildman–Crippen MR) is 84.9 cm³/mol. The topological polar surface area (TPSA) is 40.6 Å². The number of para-hydroxylation sites is 2. The van der Waals surface area contributed by atoms with Gasteiger partial charge in [0.2, 0.25) is 11.8 Å². The Hall–Kier alpha value is -2.62. The van der Waals surface area contributed by atoms with Crippen LogP contribution >= 0.6 is 0 Å². The molecule has 1 saturated heterocycles. The van der Waals surface area contributed by atoms with Gasteiger partial charge in [-0.15, -0.1) is 0 Å². The lowest BCUT2D eigenvalue weighted by Crippen LogP contribution is -2.37. The number of imide groups is 1. The summed E-state index contributed by atoms with van der Waals surface area (Å²) in [7, 11) is 1.97. The van der Waals surface area contributed by atoms with Gasteiger partial charge < -0.3 is 4.90 Å². The molecular formula is C18H16N2O2. The summed E-state index contributed by atoms with van der Waals surface area (Å²) in [5, 5.41) is 0. The van der Waals surface area contributed by atoms with Crippen LogP contribution in [0.1, 0.15) is 11.5 Å². The van der Waals surface area contributed by atoms with Crippen LogP contribution in [0.5, 0.6) is 0 Å². The fourth-order valence-electron chi connectivity index (χ4n) is 3.58. The Balaban J connectivity index is 1.83. The van der Waals surface area contributed by atoms with E-state index in [4.69, 9.17) is 0 Å². The Bertz CT molecular complexity index is 757. The molecule has 0 radical (unpaired) electrons. The van der Waals surface area contributed by atoms with Crippen molar-refractivity contribution in [2.75, 3.05) is 23.4 Å². The summed E-state index contributed by atoms with van der Waals surface area (Å²) < 4.78 is 0. The van der Waals surface area contributed by atoms with E-state index < -0.39 is 0 Å². The zero-order valence-electron chi connectivity index (χ0n) is 12.3. The van der Waals surface area contributed by atoms with Gasteiger partial charge >= 0.3 is 0 Å². The number of fused-ring (bicyclic) bond motifs is 3. The van der Waals surface area contributed by atoms with Crippen LogP contribution in [0.15, 0.2) is 54.6 Å². The second-order valence-corrected chi connectivity index (χ2v) is 5.87. The largest absolute Gasteiger partial charge is 0.374 e. The molecule has 2 amide bonds. The van der Waals surface area contributed by atoms with Gasteiger partial charge in [-0.05, 0) is 23.8 Å². The highest BCUT2D eigenvalue weighted by atomic mass is 16.2. The van der Waals surface area contributed by atoms with Gasteiger partial charge in [0.1, 0.15) is 0 Å². The van der Waals surface area contributed by atoms with Crippen LogP contribution in [-0.4, -0.2) is 25.4 Å². The zero-order valence-corrected chi connectivity index (χ0v) is 12.3. The van der Waals surface area contributed by atoms with Crippen molar-refractivity contribution in [3.8, 4) is 0 Å². The SMILES string of the molecule is CN1CC2C(=O)N(c3ccccc3)C(=O)C2c2ccccc21. The molecule has 4 rings (SSSR count). The fraction of sp³-hybridized carbons (Fsp3) is 0.222. The van der Waals surface area contributed by atoms with Gasteiger partial charge in [0, 0.05) is 19.3 Å². The van der Waals surface area contributed by atoms with Crippen LogP contribution in [0.25, 0.3) is 0 Å². The molecule has 2 aromatic carbocycles. The van der Waals surface area contributed by atoms with E-state index in [2.05, 4.69) is 4.90 Å². The molecule has 0 aliphatic carbocycles. The highest BCUT2D eigenvalue weighted by molar-refractivity contribution is 6.24. The molecule has 2 atom stereocenters. The van der Waals surface area contributed by atoms with E-state index >= 15 is 0 Å². The number of hydrogen-bond acceptors (Lipinski definition) is 3. The molecule has 0 aromatic heterocycles. The Labute approximate surface area is 129 Å². The van der Waals surface area contributed by atoms with Crippen LogP contribution in [0.2, 0.25) is 0 Å². The second kappa shape index (κ2) is 4.70. The molecule has 2 aromatic rings. The van der Waals surface area contributed by atoms with Gasteiger partial charge in [-0.2, -0.15) is 0 Å².